The predicted octanol–water partition coefficient (Wildman–Crippen LogP) is 1.60. The standard InChI is InChI=1S/C14H18N4O/c1-3-10-4-6-11(7-5-10)12(18-15)13-14(19-2)17-9-8-16-13/h4-9,12,18H,3,15H2,1-2H3. The van der Waals surface area contributed by atoms with Gasteiger partial charge < -0.3 is 4.74 Å². The zero-order valence-electron chi connectivity index (χ0n) is 11.1. The normalized spacial score (nSPS) is 12.2. The van der Waals surface area contributed by atoms with Gasteiger partial charge >= 0.3 is 0 Å². The van der Waals surface area contributed by atoms with Crippen molar-refractivity contribution in [2.75, 3.05) is 7.11 Å². The summed E-state index contributed by atoms with van der Waals surface area (Å²) in [6.45, 7) is 2.12. The molecule has 1 unspecified atom stereocenters. The van der Waals surface area contributed by atoms with Gasteiger partial charge in [-0.15, -0.1) is 0 Å². The maximum atomic E-state index is 5.66. The van der Waals surface area contributed by atoms with Crippen LogP contribution in [0.1, 0.15) is 29.8 Å². The summed E-state index contributed by atoms with van der Waals surface area (Å²) in [5, 5.41) is 0. The van der Waals surface area contributed by atoms with Crippen molar-refractivity contribution in [1.82, 2.24) is 15.4 Å². The molecular weight excluding hydrogens is 240 g/mol. The largest absolute Gasteiger partial charge is 0.480 e. The second kappa shape index (κ2) is 6.26. The van der Waals surface area contributed by atoms with E-state index in [-0.39, 0.29) is 6.04 Å². The molecule has 0 bridgehead atoms. The number of nitrogens with zero attached hydrogens (tertiary/aromatic N) is 2. The number of hydrogen-bond acceptors (Lipinski definition) is 5. The summed E-state index contributed by atoms with van der Waals surface area (Å²) in [4.78, 5) is 8.45. The molecule has 2 rings (SSSR count). The first-order valence-electron chi connectivity index (χ1n) is 6.20. The molecule has 0 aliphatic heterocycles. The molecule has 0 saturated carbocycles. The number of aryl methyl sites for hydroxylation is 1. The lowest BCUT2D eigenvalue weighted by Gasteiger charge is -2.17. The van der Waals surface area contributed by atoms with Crippen molar-refractivity contribution in [3.8, 4) is 5.88 Å². The van der Waals surface area contributed by atoms with Crippen LogP contribution in [0.15, 0.2) is 36.7 Å². The van der Waals surface area contributed by atoms with Crippen LogP contribution in [0.4, 0.5) is 0 Å². The van der Waals surface area contributed by atoms with Crippen LogP contribution in [0, 0.1) is 0 Å². The first kappa shape index (κ1) is 13.5. The van der Waals surface area contributed by atoms with Crippen molar-refractivity contribution in [2.45, 2.75) is 19.4 Å². The van der Waals surface area contributed by atoms with E-state index in [9.17, 15) is 0 Å². The molecule has 100 valence electrons. The Balaban J connectivity index is 2.37. The van der Waals surface area contributed by atoms with Crippen LogP contribution in [0.5, 0.6) is 5.88 Å². The van der Waals surface area contributed by atoms with Crippen molar-refractivity contribution >= 4 is 0 Å². The van der Waals surface area contributed by atoms with Crippen LogP contribution < -0.4 is 16.0 Å². The van der Waals surface area contributed by atoms with Crippen LogP contribution >= 0.6 is 0 Å². The number of rotatable bonds is 5. The third kappa shape index (κ3) is 2.89. The Morgan fingerprint density at radius 1 is 1.21 bits per heavy atom. The highest BCUT2D eigenvalue weighted by molar-refractivity contribution is 5.34. The van der Waals surface area contributed by atoms with Crippen LogP contribution in [-0.2, 0) is 6.42 Å². The molecule has 0 aliphatic rings. The van der Waals surface area contributed by atoms with Gasteiger partial charge in [-0.2, -0.15) is 0 Å². The Bertz CT molecular complexity index is 527. The van der Waals surface area contributed by atoms with Crippen molar-refractivity contribution in [3.05, 3.63) is 53.5 Å². The second-order valence-electron chi connectivity index (χ2n) is 4.15. The molecule has 19 heavy (non-hydrogen) atoms. The molecular formula is C14H18N4O. The molecule has 1 aromatic heterocycles. The van der Waals surface area contributed by atoms with Crippen molar-refractivity contribution in [2.24, 2.45) is 5.84 Å². The Morgan fingerprint density at radius 3 is 2.47 bits per heavy atom. The van der Waals surface area contributed by atoms with E-state index in [1.54, 1.807) is 19.5 Å². The van der Waals surface area contributed by atoms with E-state index in [1.807, 2.05) is 12.1 Å². The van der Waals surface area contributed by atoms with Crippen LogP contribution in [0.3, 0.4) is 0 Å². The fraction of sp³-hybridized carbons (Fsp3) is 0.286. The minimum Gasteiger partial charge on any atom is -0.480 e. The Kier molecular flexibility index (Phi) is 4.43. The molecule has 1 aromatic carbocycles. The van der Waals surface area contributed by atoms with Gasteiger partial charge in [0.1, 0.15) is 5.69 Å². The fourth-order valence-corrected chi connectivity index (χ4v) is 1.97. The Morgan fingerprint density at radius 2 is 1.89 bits per heavy atom. The smallest absolute Gasteiger partial charge is 0.237 e. The van der Waals surface area contributed by atoms with E-state index in [0.717, 1.165) is 12.0 Å². The number of nitrogens with two attached hydrogens (primary N) is 1. The lowest BCUT2D eigenvalue weighted by molar-refractivity contribution is 0.383. The number of aromatic nitrogens is 2. The summed E-state index contributed by atoms with van der Waals surface area (Å²) in [6.07, 6.45) is 4.23. The van der Waals surface area contributed by atoms with Gasteiger partial charge in [-0.05, 0) is 17.5 Å². The highest BCUT2D eigenvalue weighted by Gasteiger charge is 2.19. The molecule has 0 spiro atoms. The summed E-state index contributed by atoms with van der Waals surface area (Å²) in [6, 6.07) is 8.01. The van der Waals surface area contributed by atoms with Gasteiger partial charge in [-0.25, -0.2) is 10.4 Å². The minimum absolute atomic E-state index is 0.241. The van der Waals surface area contributed by atoms with E-state index in [0.29, 0.717) is 11.6 Å². The molecule has 1 heterocycles. The monoisotopic (exact) mass is 258 g/mol. The molecule has 0 aliphatic carbocycles. The first-order chi connectivity index (χ1) is 9.30. The predicted molar refractivity (Wildman–Crippen MR) is 73.6 cm³/mol. The number of hydrogen-bond donors (Lipinski definition) is 2. The van der Waals surface area contributed by atoms with E-state index in [2.05, 4.69) is 34.5 Å². The number of nitrogens with one attached hydrogen (secondary N) is 1. The number of benzene rings is 1. The van der Waals surface area contributed by atoms with Crippen LogP contribution in [0.25, 0.3) is 0 Å². The number of ether oxygens (including phenoxy) is 1. The Labute approximate surface area is 112 Å². The molecule has 1 atom stereocenters. The average molecular weight is 258 g/mol. The summed E-state index contributed by atoms with van der Waals surface area (Å²) >= 11 is 0. The maximum Gasteiger partial charge on any atom is 0.237 e. The highest BCUT2D eigenvalue weighted by Crippen LogP contribution is 2.25. The number of hydrazine groups is 1. The zero-order chi connectivity index (χ0) is 13.7. The lowest BCUT2D eigenvalue weighted by atomic mass is 10.0. The van der Waals surface area contributed by atoms with Crippen molar-refractivity contribution in [1.29, 1.82) is 0 Å². The molecule has 0 fully saturated rings. The number of methoxy groups -OCH3 is 1. The topological polar surface area (TPSA) is 73.1 Å². The van der Waals surface area contributed by atoms with Crippen LogP contribution in [0.2, 0.25) is 0 Å². The third-order valence-corrected chi connectivity index (χ3v) is 3.05. The highest BCUT2D eigenvalue weighted by atomic mass is 16.5. The maximum absolute atomic E-state index is 5.66. The lowest BCUT2D eigenvalue weighted by Crippen LogP contribution is -2.30. The zero-order valence-corrected chi connectivity index (χ0v) is 11.1. The first-order valence-corrected chi connectivity index (χ1v) is 6.20. The average Bonchev–Trinajstić information content (AvgIpc) is 2.49. The second-order valence-corrected chi connectivity index (χ2v) is 4.15. The molecule has 2 aromatic rings. The summed E-state index contributed by atoms with van der Waals surface area (Å²) in [5.74, 6) is 6.13. The van der Waals surface area contributed by atoms with Gasteiger partial charge in [0.15, 0.2) is 0 Å². The van der Waals surface area contributed by atoms with Crippen molar-refractivity contribution < 1.29 is 4.74 Å². The summed E-state index contributed by atoms with van der Waals surface area (Å²) in [5.41, 5.74) is 5.75. The van der Waals surface area contributed by atoms with E-state index in [1.165, 1.54) is 5.56 Å². The fourth-order valence-electron chi connectivity index (χ4n) is 1.97. The van der Waals surface area contributed by atoms with Crippen LogP contribution in [-0.4, -0.2) is 17.1 Å². The summed E-state index contributed by atoms with van der Waals surface area (Å²) < 4.78 is 5.23. The Hall–Kier alpha value is -1.98. The molecule has 5 heteroatoms. The SMILES string of the molecule is CCc1ccc(C(NN)c2nccnc2OC)cc1. The van der Waals surface area contributed by atoms with Crippen molar-refractivity contribution in [3.63, 3.8) is 0 Å². The van der Waals surface area contributed by atoms with Gasteiger partial charge in [0.05, 0.1) is 13.2 Å². The van der Waals surface area contributed by atoms with Gasteiger partial charge in [-0.3, -0.25) is 10.8 Å². The summed E-state index contributed by atoms with van der Waals surface area (Å²) in [7, 11) is 1.57. The molecule has 0 radical (unpaired) electrons. The molecule has 5 nitrogen and oxygen atoms in total. The molecule has 3 N–H and O–H groups in total. The molecule has 0 saturated heterocycles. The van der Waals surface area contributed by atoms with Gasteiger partial charge in [-0.1, -0.05) is 31.2 Å². The quantitative estimate of drug-likeness (QED) is 0.629. The van der Waals surface area contributed by atoms with E-state index in [4.69, 9.17) is 10.6 Å². The third-order valence-electron chi connectivity index (χ3n) is 3.05. The van der Waals surface area contributed by atoms with Gasteiger partial charge in [0, 0.05) is 12.4 Å². The van der Waals surface area contributed by atoms with E-state index >= 15 is 0 Å². The van der Waals surface area contributed by atoms with E-state index < -0.39 is 0 Å². The minimum atomic E-state index is -0.241. The molecule has 0 amide bonds. The van der Waals surface area contributed by atoms with Gasteiger partial charge in [0.2, 0.25) is 5.88 Å². The van der Waals surface area contributed by atoms with Gasteiger partial charge in [0.25, 0.3) is 0 Å².